The Morgan fingerprint density at radius 2 is 2.00 bits per heavy atom. The number of carbonyl (C=O) groups is 1. The maximum absolute atomic E-state index is 11.7. The van der Waals surface area contributed by atoms with E-state index in [0.717, 1.165) is 16.5 Å². The van der Waals surface area contributed by atoms with Gasteiger partial charge in [0, 0.05) is 11.1 Å². The smallest absolute Gasteiger partial charge is 0.300 e. The third kappa shape index (κ3) is 3.97. The average molecular weight is 346 g/mol. The maximum Gasteiger partial charge on any atom is 0.300 e. The zero-order chi connectivity index (χ0) is 18.4. The van der Waals surface area contributed by atoms with Gasteiger partial charge in [-0.15, -0.1) is 0 Å². The Labute approximate surface area is 151 Å². The third-order valence-electron chi connectivity index (χ3n) is 3.83. The van der Waals surface area contributed by atoms with Gasteiger partial charge in [-0.2, -0.15) is 0 Å². The van der Waals surface area contributed by atoms with Gasteiger partial charge in [0.05, 0.1) is 18.2 Å². The van der Waals surface area contributed by atoms with E-state index in [0.29, 0.717) is 11.5 Å². The summed E-state index contributed by atoms with van der Waals surface area (Å²) in [5.74, 6) is 5.20. The molecule has 0 fully saturated rings. The molecule has 3 aromatic rings. The van der Waals surface area contributed by atoms with Crippen molar-refractivity contribution in [1.82, 2.24) is 9.97 Å². The lowest BCUT2D eigenvalue weighted by Crippen LogP contribution is -2.16. The minimum absolute atomic E-state index is 0.0853. The van der Waals surface area contributed by atoms with Gasteiger partial charge in [0.2, 0.25) is 0 Å². The van der Waals surface area contributed by atoms with E-state index in [-0.39, 0.29) is 18.6 Å². The molecule has 0 radical (unpaired) electrons. The number of aliphatic hydroxyl groups excluding tert-OH is 1. The van der Waals surface area contributed by atoms with Crippen LogP contribution in [0.3, 0.4) is 0 Å². The first-order valence-corrected chi connectivity index (χ1v) is 8.12. The predicted octanol–water partition coefficient (Wildman–Crippen LogP) is 2.74. The first kappa shape index (κ1) is 17.4. The fourth-order valence-corrected chi connectivity index (χ4v) is 2.61. The van der Waals surface area contributed by atoms with E-state index < -0.39 is 0 Å². The number of rotatable bonds is 5. The van der Waals surface area contributed by atoms with Crippen LogP contribution < -0.4 is 10.6 Å². The number of fused-ring (bicyclic) bond motifs is 1. The highest BCUT2D eigenvalue weighted by Crippen LogP contribution is 2.26. The number of aromatic nitrogens is 2. The number of aliphatic hydroxyl groups is 1. The van der Waals surface area contributed by atoms with Crippen LogP contribution >= 0.6 is 0 Å². The highest BCUT2D eigenvalue weighted by atomic mass is 16.3. The first-order chi connectivity index (χ1) is 12.7. The van der Waals surface area contributed by atoms with Gasteiger partial charge in [-0.25, -0.2) is 9.97 Å². The van der Waals surface area contributed by atoms with Gasteiger partial charge in [-0.3, -0.25) is 4.79 Å². The molecule has 0 aliphatic carbocycles. The molecule has 1 atom stereocenters. The Bertz CT molecular complexity index is 977. The molecular formula is C20H18N4O2. The molecule has 26 heavy (non-hydrogen) atoms. The number of benzene rings is 2. The number of amides is 1. The molecule has 1 amide bonds. The molecule has 2 aromatic carbocycles. The van der Waals surface area contributed by atoms with Gasteiger partial charge >= 0.3 is 0 Å². The molecule has 1 unspecified atom stereocenters. The summed E-state index contributed by atoms with van der Waals surface area (Å²) < 4.78 is 0. The average Bonchev–Trinajstić information content (AvgIpc) is 2.67. The van der Waals surface area contributed by atoms with Crippen molar-refractivity contribution in [3.8, 4) is 11.8 Å². The Morgan fingerprint density at radius 1 is 1.19 bits per heavy atom. The molecule has 0 aliphatic rings. The number of nitrogens with zero attached hydrogens (tertiary/aromatic N) is 2. The van der Waals surface area contributed by atoms with Gasteiger partial charge < -0.3 is 15.7 Å². The third-order valence-corrected chi connectivity index (χ3v) is 3.83. The quantitative estimate of drug-likeness (QED) is 0.618. The lowest BCUT2D eigenvalue weighted by molar-refractivity contribution is -0.111. The van der Waals surface area contributed by atoms with E-state index in [9.17, 15) is 9.90 Å². The second kappa shape index (κ2) is 8.10. The van der Waals surface area contributed by atoms with Crippen molar-refractivity contribution < 1.29 is 9.90 Å². The van der Waals surface area contributed by atoms with Crippen molar-refractivity contribution in [2.75, 3.05) is 17.2 Å². The lowest BCUT2D eigenvalue weighted by Gasteiger charge is -2.18. The van der Waals surface area contributed by atoms with Crippen molar-refractivity contribution in [2.24, 2.45) is 0 Å². The van der Waals surface area contributed by atoms with Crippen LogP contribution in [0.15, 0.2) is 54.9 Å². The fourth-order valence-electron chi connectivity index (χ4n) is 2.61. The molecule has 0 saturated heterocycles. The van der Waals surface area contributed by atoms with Crippen LogP contribution in [0.1, 0.15) is 18.5 Å². The van der Waals surface area contributed by atoms with E-state index >= 15 is 0 Å². The zero-order valence-electron chi connectivity index (χ0n) is 14.2. The van der Waals surface area contributed by atoms with Gasteiger partial charge in [0.1, 0.15) is 12.1 Å². The van der Waals surface area contributed by atoms with E-state index in [4.69, 9.17) is 0 Å². The molecule has 6 heteroatoms. The molecule has 3 N–H and O–H groups in total. The van der Waals surface area contributed by atoms with E-state index in [1.807, 2.05) is 30.3 Å². The predicted molar refractivity (Wildman–Crippen MR) is 102 cm³/mol. The summed E-state index contributed by atoms with van der Waals surface area (Å²) in [4.78, 5) is 20.2. The van der Waals surface area contributed by atoms with E-state index in [1.165, 1.54) is 6.33 Å². The molecule has 1 aromatic heterocycles. The van der Waals surface area contributed by atoms with Crippen LogP contribution in [0, 0.1) is 11.8 Å². The van der Waals surface area contributed by atoms with Crippen molar-refractivity contribution in [3.63, 3.8) is 0 Å². The zero-order valence-corrected chi connectivity index (χ0v) is 14.2. The number of anilines is 2. The summed E-state index contributed by atoms with van der Waals surface area (Å²) in [6, 6.07) is 14.7. The molecule has 1 heterocycles. The molecule has 0 spiro atoms. The molecule has 130 valence electrons. The Morgan fingerprint density at radius 3 is 2.73 bits per heavy atom. The Kier molecular flexibility index (Phi) is 5.42. The van der Waals surface area contributed by atoms with Crippen LogP contribution in [0.25, 0.3) is 10.9 Å². The summed E-state index contributed by atoms with van der Waals surface area (Å²) in [5, 5.41) is 16.5. The van der Waals surface area contributed by atoms with Crippen LogP contribution in [0.4, 0.5) is 11.5 Å². The topological polar surface area (TPSA) is 87.1 Å². The van der Waals surface area contributed by atoms with Gasteiger partial charge in [-0.05, 0) is 36.6 Å². The molecule has 6 nitrogen and oxygen atoms in total. The van der Waals surface area contributed by atoms with Crippen LogP contribution in [-0.4, -0.2) is 27.6 Å². The number of hydrogen-bond acceptors (Lipinski definition) is 5. The van der Waals surface area contributed by atoms with Crippen molar-refractivity contribution in [1.29, 1.82) is 0 Å². The minimum Gasteiger partial charge on any atom is -0.394 e. The monoisotopic (exact) mass is 346 g/mol. The van der Waals surface area contributed by atoms with Gasteiger partial charge in [0.15, 0.2) is 0 Å². The van der Waals surface area contributed by atoms with Crippen LogP contribution in [-0.2, 0) is 4.79 Å². The second-order valence-electron chi connectivity index (χ2n) is 5.57. The lowest BCUT2D eigenvalue weighted by atomic mass is 10.1. The molecule has 0 aliphatic heterocycles. The molecule has 0 bridgehead atoms. The first-order valence-electron chi connectivity index (χ1n) is 8.12. The van der Waals surface area contributed by atoms with Crippen molar-refractivity contribution >= 4 is 28.3 Å². The normalized spacial score (nSPS) is 11.3. The van der Waals surface area contributed by atoms with Gasteiger partial charge in [0.25, 0.3) is 5.91 Å². The minimum atomic E-state index is -0.379. The summed E-state index contributed by atoms with van der Waals surface area (Å²) >= 11 is 0. The highest BCUT2D eigenvalue weighted by molar-refractivity contribution is 6.05. The van der Waals surface area contributed by atoms with Crippen molar-refractivity contribution in [2.45, 2.75) is 13.0 Å². The van der Waals surface area contributed by atoms with Crippen LogP contribution in [0.2, 0.25) is 0 Å². The SMILES string of the molecule is CC#CC(=O)Nc1ccc2ncnc(NC(CO)c3ccccc3)c2c1. The number of nitrogens with one attached hydrogen (secondary N) is 2. The highest BCUT2D eigenvalue weighted by Gasteiger charge is 2.13. The summed E-state index contributed by atoms with van der Waals surface area (Å²) in [6.07, 6.45) is 1.46. The Balaban J connectivity index is 1.94. The summed E-state index contributed by atoms with van der Waals surface area (Å²) in [6.45, 7) is 1.52. The Hall–Kier alpha value is -3.43. The van der Waals surface area contributed by atoms with Crippen LogP contribution in [0.5, 0.6) is 0 Å². The van der Waals surface area contributed by atoms with E-state index in [2.05, 4.69) is 32.4 Å². The van der Waals surface area contributed by atoms with E-state index in [1.54, 1.807) is 25.1 Å². The fraction of sp³-hybridized carbons (Fsp3) is 0.150. The van der Waals surface area contributed by atoms with Gasteiger partial charge in [-0.1, -0.05) is 36.3 Å². The molecule has 0 saturated carbocycles. The number of carbonyl (C=O) groups excluding carboxylic acids is 1. The second-order valence-corrected chi connectivity index (χ2v) is 5.57. The number of hydrogen-bond donors (Lipinski definition) is 3. The summed E-state index contributed by atoms with van der Waals surface area (Å²) in [5.41, 5.74) is 2.28. The molecular weight excluding hydrogens is 328 g/mol. The largest absolute Gasteiger partial charge is 0.394 e. The van der Waals surface area contributed by atoms with Crippen molar-refractivity contribution in [3.05, 3.63) is 60.4 Å². The molecule has 3 rings (SSSR count). The summed E-state index contributed by atoms with van der Waals surface area (Å²) in [7, 11) is 0. The standard InChI is InChI=1S/C20H18N4O2/c1-2-6-19(26)23-15-9-10-17-16(11-15)20(22-13-21-17)24-18(12-25)14-7-4-3-5-8-14/h3-5,7-11,13,18,25H,12H2,1H3,(H,23,26)(H,21,22,24). The maximum atomic E-state index is 11.7.